The van der Waals surface area contributed by atoms with Gasteiger partial charge in [0.2, 0.25) is 0 Å². The number of hydrogen-bond acceptors (Lipinski definition) is 3. The number of aliphatic hydroxyl groups excluding tert-OH is 1. The van der Waals surface area contributed by atoms with Gasteiger partial charge in [-0.1, -0.05) is 17.7 Å². The average molecular weight is 242 g/mol. The topological polar surface area (TPSA) is 46.0 Å². The molecule has 1 atom stereocenters. The first-order valence-corrected chi connectivity index (χ1v) is 6.07. The number of aryl methyl sites for hydroxylation is 3. The van der Waals surface area contributed by atoms with Crippen molar-refractivity contribution in [2.45, 2.75) is 33.3 Å². The van der Waals surface area contributed by atoms with Crippen molar-refractivity contribution in [3.63, 3.8) is 0 Å². The lowest BCUT2D eigenvalue weighted by molar-refractivity contribution is 0.177. The molecule has 0 bridgehead atoms. The standard InChI is InChI=1S/C15H18N2O/c1-10-4-11(2)14(12(3)5-10)6-15(18)13-7-16-9-17-8-13/h4-5,7-9,15,18H,6H2,1-3H3. The molecule has 1 aromatic heterocycles. The van der Waals surface area contributed by atoms with Crippen LogP contribution in [-0.4, -0.2) is 15.1 Å². The molecule has 3 nitrogen and oxygen atoms in total. The highest BCUT2D eigenvalue weighted by molar-refractivity contribution is 5.38. The first-order chi connectivity index (χ1) is 8.58. The molecule has 1 heterocycles. The minimum atomic E-state index is -0.550. The van der Waals surface area contributed by atoms with Crippen molar-refractivity contribution in [2.24, 2.45) is 0 Å². The predicted molar refractivity (Wildman–Crippen MR) is 71.3 cm³/mol. The fourth-order valence-corrected chi connectivity index (χ4v) is 2.33. The van der Waals surface area contributed by atoms with E-state index in [1.807, 2.05) is 0 Å². The molecule has 0 radical (unpaired) electrons. The maximum absolute atomic E-state index is 10.2. The highest BCUT2D eigenvalue weighted by atomic mass is 16.3. The van der Waals surface area contributed by atoms with Crippen molar-refractivity contribution >= 4 is 0 Å². The van der Waals surface area contributed by atoms with Crippen LogP contribution in [0, 0.1) is 20.8 Å². The maximum atomic E-state index is 10.2. The number of aromatic nitrogens is 2. The third kappa shape index (κ3) is 2.74. The second kappa shape index (κ2) is 5.27. The van der Waals surface area contributed by atoms with Gasteiger partial charge in [0.1, 0.15) is 6.33 Å². The summed E-state index contributed by atoms with van der Waals surface area (Å²) in [6, 6.07) is 4.30. The van der Waals surface area contributed by atoms with Gasteiger partial charge in [0, 0.05) is 24.4 Å². The lowest BCUT2D eigenvalue weighted by Gasteiger charge is -2.15. The molecule has 0 saturated carbocycles. The molecule has 0 saturated heterocycles. The molecule has 0 aliphatic heterocycles. The Morgan fingerprint density at radius 1 is 1.06 bits per heavy atom. The molecule has 3 heteroatoms. The quantitative estimate of drug-likeness (QED) is 0.900. The first-order valence-electron chi connectivity index (χ1n) is 6.07. The Morgan fingerprint density at radius 3 is 2.17 bits per heavy atom. The molecule has 0 spiro atoms. The molecule has 0 amide bonds. The number of aliphatic hydroxyl groups is 1. The van der Waals surface area contributed by atoms with Crippen LogP contribution in [0.15, 0.2) is 30.9 Å². The Morgan fingerprint density at radius 2 is 1.61 bits per heavy atom. The molecular formula is C15H18N2O. The normalized spacial score (nSPS) is 12.4. The summed E-state index contributed by atoms with van der Waals surface area (Å²) in [5, 5.41) is 10.2. The van der Waals surface area contributed by atoms with Crippen molar-refractivity contribution < 1.29 is 5.11 Å². The van der Waals surface area contributed by atoms with Gasteiger partial charge in [-0.05, 0) is 37.5 Å². The summed E-state index contributed by atoms with van der Waals surface area (Å²) in [6.45, 7) is 6.26. The zero-order valence-electron chi connectivity index (χ0n) is 11.0. The molecule has 18 heavy (non-hydrogen) atoms. The van der Waals surface area contributed by atoms with Crippen molar-refractivity contribution in [1.82, 2.24) is 9.97 Å². The lowest BCUT2D eigenvalue weighted by atomic mass is 9.94. The fraction of sp³-hybridized carbons (Fsp3) is 0.333. The largest absolute Gasteiger partial charge is 0.388 e. The van der Waals surface area contributed by atoms with E-state index in [0.717, 1.165) is 5.56 Å². The molecule has 2 aromatic rings. The van der Waals surface area contributed by atoms with Crippen LogP contribution in [0.4, 0.5) is 0 Å². The van der Waals surface area contributed by atoms with Crippen LogP contribution in [-0.2, 0) is 6.42 Å². The molecule has 1 unspecified atom stereocenters. The second-order valence-electron chi connectivity index (χ2n) is 4.77. The molecule has 1 N–H and O–H groups in total. The van der Waals surface area contributed by atoms with Crippen LogP contribution in [0.5, 0.6) is 0 Å². The van der Waals surface area contributed by atoms with Gasteiger partial charge in [-0.2, -0.15) is 0 Å². The van der Waals surface area contributed by atoms with Gasteiger partial charge >= 0.3 is 0 Å². The molecule has 2 rings (SSSR count). The maximum Gasteiger partial charge on any atom is 0.115 e. The molecule has 0 fully saturated rings. The first kappa shape index (κ1) is 12.7. The van der Waals surface area contributed by atoms with Crippen LogP contribution in [0.25, 0.3) is 0 Å². The number of rotatable bonds is 3. The van der Waals surface area contributed by atoms with Gasteiger partial charge in [0.25, 0.3) is 0 Å². The summed E-state index contributed by atoms with van der Waals surface area (Å²) in [6.07, 6.45) is 4.85. The lowest BCUT2D eigenvalue weighted by Crippen LogP contribution is -2.06. The number of benzene rings is 1. The van der Waals surface area contributed by atoms with E-state index >= 15 is 0 Å². The fourth-order valence-electron chi connectivity index (χ4n) is 2.33. The van der Waals surface area contributed by atoms with Gasteiger partial charge in [-0.3, -0.25) is 0 Å². The van der Waals surface area contributed by atoms with E-state index in [2.05, 4.69) is 42.9 Å². The summed E-state index contributed by atoms with van der Waals surface area (Å²) < 4.78 is 0. The second-order valence-corrected chi connectivity index (χ2v) is 4.77. The highest BCUT2D eigenvalue weighted by Crippen LogP contribution is 2.23. The molecule has 1 aromatic carbocycles. The van der Waals surface area contributed by atoms with E-state index in [1.54, 1.807) is 12.4 Å². The summed E-state index contributed by atoms with van der Waals surface area (Å²) in [5.41, 5.74) is 5.67. The SMILES string of the molecule is Cc1cc(C)c(CC(O)c2cncnc2)c(C)c1. The number of nitrogens with zero attached hydrogens (tertiary/aromatic N) is 2. The van der Waals surface area contributed by atoms with Crippen molar-refractivity contribution in [2.75, 3.05) is 0 Å². The van der Waals surface area contributed by atoms with Crippen LogP contribution < -0.4 is 0 Å². The molecular weight excluding hydrogens is 224 g/mol. The molecule has 0 aliphatic carbocycles. The Labute approximate surface area is 108 Å². The Bertz CT molecular complexity index is 514. The van der Waals surface area contributed by atoms with E-state index in [-0.39, 0.29) is 0 Å². The summed E-state index contributed by atoms with van der Waals surface area (Å²) in [7, 11) is 0. The zero-order valence-corrected chi connectivity index (χ0v) is 11.0. The van der Waals surface area contributed by atoms with Crippen LogP contribution in [0.3, 0.4) is 0 Å². The van der Waals surface area contributed by atoms with E-state index in [0.29, 0.717) is 6.42 Å². The van der Waals surface area contributed by atoms with E-state index in [1.165, 1.54) is 28.6 Å². The van der Waals surface area contributed by atoms with Gasteiger partial charge in [-0.15, -0.1) is 0 Å². The van der Waals surface area contributed by atoms with E-state index in [4.69, 9.17) is 0 Å². The third-order valence-electron chi connectivity index (χ3n) is 3.20. The summed E-state index contributed by atoms with van der Waals surface area (Å²) in [4.78, 5) is 7.87. The van der Waals surface area contributed by atoms with Crippen molar-refractivity contribution in [1.29, 1.82) is 0 Å². The van der Waals surface area contributed by atoms with Crippen molar-refractivity contribution in [3.05, 3.63) is 58.7 Å². The molecule has 0 aliphatic rings. The summed E-state index contributed by atoms with van der Waals surface area (Å²) in [5.74, 6) is 0. The smallest absolute Gasteiger partial charge is 0.115 e. The van der Waals surface area contributed by atoms with Gasteiger partial charge in [0.05, 0.1) is 6.10 Å². The Hall–Kier alpha value is -1.74. The monoisotopic (exact) mass is 242 g/mol. The van der Waals surface area contributed by atoms with Gasteiger partial charge in [0.15, 0.2) is 0 Å². The highest BCUT2D eigenvalue weighted by Gasteiger charge is 2.12. The predicted octanol–water partition coefficient (Wildman–Crippen LogP) is 2.68. The zero-order chi connectivity index (χ0) is 13.1. The van der Waals surface area contributed by atoms with Crippen LogP contribution >= 0.6 is 0 Å². The van der Waals surface area contributed by atoms with Gasteiger partial charge < -0.3 is 5.11 Å². The Balaban J connectivity index is 2.25. The average Bonchev–Trinajstić information content (AvgIpc) is 2.34. The van der Waals surface area contributed by atoms with Crippen molar-refractivity contribution in [3.8, 4) is 0 Å². The van der Waals surface area contributed by atoms with Gasteiger partial charge in [-0.25, -0.2) is 9.97 Å². The molecule has 94 valence electrons. The Kier molecular flexibility index (Phi) is 3.72. The summed E-state index contributed by atoms with van der Waals surface area (Å²) >= 11 is 0. The third-order valence-corrected chi connectivity index (χ3v) is 3.20. The number of hydrogen-bond donors (Lipinski definition) is 1. The minimum Gasteiger partial charge on any atom is -0.388 e. The minimum absolute atomic E-state index is 0.550. The van der Waals surface area contributed by atoms with E-state index in [9.17, 15) is 5.11 Å². The van der Waals surface area contributed by atoms with Crippen LogP contribution in [0.1, 0.15) is 33.9 Å². The van der Waals surface area contributed by atoms with Crippen LogP contribution in [0.2, 0.25) is 0 Å². The van der Waals surface area contributed by atoms with E-state index < -0.39 is 6.10 Å².